The molecule has 0 radical (unpaired) electrons. The molecule has 0 heterocycles. The predicted molar refractivity (Wildman–Crippen MR) is 116 cm³/mol. The lowest BCUT2D eigenvalue weighted by Crippen LogP contribution is -2.53. The van der Waals surface area contributed by atoms with E-state index in [1.165, 1.54) is 56.1 Å². The summed E-state index contributed by atoms with van der Waals surface area (Å²) in [5, 5.41) is 10.3. The van der Waals surface area contributed by atoms with Gasteiger partial charge in [0.25, 0.3) is 0 Å². The first-order valence-electron chi connectivity index (χ1n) is 12.1. The molecule has 5 rings (SSSR count). The summed E-state index contributed by atoms with van der Waals surface area (Å²) in [4.78, 5) is 0. The summed E-state index contributed by atoms with van der Waals surface area (Å²) in [6, 6.07) is 6.91. The Hall–Kier alpha value is -0.820. The molecular weight excluding hydrogens is 340 g/mol. The molecule has 1 heteroatoms. The molecule has 0 amide bonds. The van der Waals surface area contributed by atoms with Crippen molar-refractivity contribution in [3.63, 3.8) is 0 Å². The van der Waals surface area contributed by atoms with E-state index >= 15 is 0 Å². The summed E-state index contributed by atoms with van der Waals surface area (Å²) in [6.45, 7) is 9.95. The van der Waals surface area contributed by atoms with Crippen LogP contribution in [0.15, 0.2) is 18.2 Å². The Balaban J connectivity index is 1.46. The minimum atomic E-state index is -0.0247. The molecular formula is C27H40O. The highest BCUT2D eigenvalue weighted by Gasteiger charge is 2.60. The molecule has 1 aromatic rings. The second-order valence-corrected chi connectivity index (χ2v) is 11.6. The normalized spacial score (nSPS) is 47.9. The summed E-state index contributed by atoms with van der Waals surface area (Å²) >= 11 is 0. The third-order valence-electron chi connectivity index (χ3n) is 10.5. The van der Waals surface area contributed by atoms with Crippen molar-refractivity contribution in [2.75, 3.05) is 0 Å². The van der Waals surface area contributed by atoms with Gasteiger partial charge in [0.05, 0.1) is 6.10 Å². The number of hydrogen-bond donors (Lipinski definition) is 1. The number of fused-ring (bicyclic) bond motifs is 5. The van der Waals surface area contributed by atoms with Gasteiger partial charge in [0, 0.05) is 0 Å². The van der Waals surface area contributed by atoms with Gasteiger partial charge in [-0.05, 0) is 129 Å². The number of benzene rings is 1. The Bertz CT molecular complexity index is 732. The van der Waals surface area contributed by atoms with Crippen LogP contribution in [0.1, 0.15) is 94.2 Å². The highest BCUT2D eigenvalue weighted by Crippen LogP contribution is 2.69. The first kappa shape index (κ1) is 19.2. The molecule has 8 atom stereocenters. The second-order valence-electron chi connectivity index (χ2n) is 11.6. The van der Waals surface area contributed by atoms with Crippen LogP contribution in [0.3, 0.4) is 0 Å². The summed E-state index contributed by atoms with van der Waals surface area (Å²) in [5.41, 5.74) is 5.72. The number of rotatable bonds is 1. The quantitative estimate of drug-likeness (QED) is 0.568. The van der Waals surface area contributed by atoms with Crippen LogP contribution in [0.25, 0.3) is 0 Å². The van der Waals surface area contributed by atoms with Gasteiger partial charge in [-0.15, -0.1) is 0 Å². The van der Waals surface area contributed by atoms with E-state index in [0.29, 0.717) is 10.8 Å². The third kappa shape index (κ3) is 2.60. The maximum atomic E-state index is 10.3. The zero-order valence-electron chi connectivity index (χ0n) is 18.5. The van der Waals surface area contributed by atoms with Gasteiger partial charge in [0.15, 0.2) is 0 Å². The zero-order valence-corrected chi connectivity index (χ0v) is 18.5. The van der Waals surface area contributed by atoms with Gasteiger partial charge in [-0.1, -0.05) is 32.0 Å². The van der Waals surface area contributed by atoms with Crippen LogP contribution in [0, 0.1) is 48.3 Å². The van der Waals surface area contributed by atoms with E-state index in [4.69, 9.17) is 0 Å². The highest BCUT2D eigenvalue weighted by molar-refractivity contribution is 5.39. The SMILES string of the molecule is Cc1cccc(C)c1C1CCC2C3CCC4CC(O)CCC4(C)C3CCC12C. The largest absolute Gasteiger partial charge is 0.393 e. The standard InChI is InChI=1S/C27H40O/c1-17-6-5-7-18(2)25(17)24-11-10-22-21-9-8-19-16-20(28)12-14-26(19,3)23(21)13-15-27(22,24)4/h5-7,19-24,28H,8-16H2,1-4H3. The number of aryl methyl sites for hydroxylation is 2. The fourth-order valence-corrected chi connectivity index (χ4v) is 9.09. The molecule has 0 aromatic heterocycles. The molecule has 4 fully saturated rings. The van der Waals surface area contributed by atoms with Gasteiger partial charge in [0.1, 0.15) is 0 Å². The summed E-state index contributed by atoms with van der Waals surface area (Å²) in [5.74, 6) is 4.30. The first-order chi connectivity index (χ1) is 13.3. The zero-order chi connectivity index (χ0) is 19.7. The van der Waals surface area contributed by atoms with E-state index in [2.05, 4.69) is 45.9 Å². The molecule has 154 valence electrons. The van der Waals surface area contributed by atoms with E-state index in [9.17, 15) is 5.11 Å². The summed E-state index contributed by atoms with van der Waals surface area (Å²) in [6.07, 6.45) is 11.9. The van der Waals surface area contributed by atoms with Gasteiger partial charge in [-0.25, -0.2) is 0 Å². The number of aliphatic hydroxyl groups is 1. The Morgan fingerprint density at radius 1 is 0.821 bits per heavy atom. The lowest BCUT2D eigenvalue weighted by molar-refractivity contribution is -0.122. The number of aliphatic hydroxyl groups excluding tert-OH is 1. The fourth-order valence-electron chi connectivity index (χ4n) is 9.09. The molecule has 4 aliphatic rings. The fraction of sp³-hybridized carbons (Fsp3) is 0.778. The molecule has 1 N–H and O–H groups in total. The van der Waals surface area contributed by atoms with Crippen LogP contribution in [-0.4, -0.2) is 11.2 Å². The van der Waals surface area contributed by atoms with Crippen molar-refractivity contribution in [2.24, 2.45) is 34.5 Å². The van der Waals surface area contributed by atoms with E-state index in [1.54, 1.807) is 5.56 Å². The molecule has 28 heavy (non-hydrogen) atoms. The Morgan fingerprint density at radius 3 is 2.25 bits per heavy atom. The summed E-state index contributed by atoms with van der Waals surface area (Å²) in [7, 11) is 0. The lowest BCUT2D eigenvalue weighted by Gasteiger charge is -2.61. The smallest absolute Gasteiger partial charge is 0.0543 e. The molecule has 8 unspecified atom stereocenters. The van der Waals surface area contributed by atoms with Crippen LogP contribution in [0.2, 0.25) is 0 Å². The lowest BCUT2D eigenvalue weighted by atomic mass is 9.44. The Labute approximate surface area is 172 Å². The topological polar surface area (TPSA) is 20.2 Å². The average molecular weight is 381 g/mol. The van der Waals surface area contributed by atoms with Gasteiger partial charge >= 0.3 is 0 Å². The van der Waals surface area contributed by atoms with Gasteiger partial charge in [0.2, 0.25) is 0 Å². The van der Waals surface area contributed by atoms with Crippen molar-refractivity contribution in [1.82, 2.24) is 0 Å². The van der Waals surface area contributed by atoms with Crippen LogP contribution in [-0.2, 0) is 0 Å². The first-order valence-corrected chi connectivity index (χ1v) is 12.1. The second kappa shape index (κ2) is 6.59. The van der Waals surface area contributed by atoms with Crippen LogP contribution in [0.5, 0.6) is 0 Å². The summed E-state index contributed by atoms with van der Waals surface area (Å²) < 4.78 is 0. The van der Waals surface area contributed by atoms with Crippen LogP contribution >= 0.6 is 0 Å². The molecule has 0 spiro atoms. The molecule has 0 saturated heterocycles. The van der Waals surface area contributed by atoms with Crippen LogP contribution < -0.4 is 0 Å². The predicted octanol–water partition coefficient (Wildman–Crippen LogP) is 6.79. The maximum Gasteiger partial charge on any atom is 0.0543 e. The Kier molecular flexibility index (Phi) is 4.51. The van der Waals surface area contributed by atoms with Gasteiger partial charge < -0.3 is 5.11 Å². The molecule has 0 aliphatic heterocycles. The van der Waals surface area contributed by atoms with Crippen molar-refractivity contribution >= 4 is 0 Å². The van der Waals surface area contributed by atoms with E-state index in [-0.39, 0.29) is 6.10 Å². The van der Waals surface area contributed by atoms with Crippen molar-refractivity contribution < 1.29 is 5.11 Å². The molecule has 1 nitrogen and oxygen atoms in total. The average Bonchev–Trinajstić information content (AvgIpc) is 2.99. The highest BCUT2D eigenvalue weighted by atomic mass is 16.3. The Morgan fingerprint density at radius 2 is 1.50 bits per heavy atom. The minimum Gasteiger partial charge on any atom is -0.393 e. The van der Waals surface area contributed by atoms with Crippen molar-refractivity contribution in [1.29, 1.82) is 0 Å². The van der Waals surface area contributed by atoms with Crippen LogP contribution in [0.4, 0.5) is 0 Å². The van der Waals surface area contributed by atoms with E-state index in [1.807, 2.05) is 0 Å². The van der Waals surface area contributed by atoms with Crippen molar-refractivity contribution in [3.8, 4) is 0 Å². The maximum absolute atomic E-state index is 10.3. The van der Waals surface area contributed by atoms with Gasteiger partial charge in [-0.2, -0.15) is 0 Å². The minimum absolute atomic E-state index is 0.0247. The monoisotopic (exact) mass is 380 g/mol. The molecule has 0 bridgehead atoms. The van der Waals surface area contributed by atoms with Gasteiger partial charge in [-0.3, -0.25) is 0 Å². The molecule has 4 aliphatic carbocycles. The third-order valence-corrected chi connectivity index (χ3v) is 10.5. The van der Waals surface area contributed by atoms with Crippen molar-refractivity contribution in [3.05, 3.63) is 34.9 Å². The van der Waals surface area contributed by atoms with Crippen molar-refractivity contribution in [2.45, 2.75) is 97.5 Å². The molecule has 1 aromatic carbocycles. The van der Waals surface area contributed by atoms with E-state index < -0.39 is 0 Å². The molecule has 4 saturated carbocycles. The van der Waals surface area contributed by atoms with E-state index in [0.717, 1.165) is 42.4 Å². The number of hydrogen-bond acceptors (Lipinski definition) is 1.